The Morgan fingerprint density at radius 3 is 2.44 bits per heavy atom. The Bertz CT molecular complexity index is 298. The van der Waals surface area contributed by atoms with Crippen LogP contribution in [0.1, 0.15) is 26.2 Å². The zero-order chi connectivity index (χ0) is 11.5. The molecule has 88 valence electrons. The number of nitriles is 1. The molecule has 2 fully saturated rings. The lowest BCUT2D eigenvalue weighted by atomic mass is 10.1. The summed E-state index contributed by atoms with van der Waals surface area (Å²) in [5, 5.41) is 8.87. The lowest BCUT2D eigenvalue weighted by molar-refractivity contribution is -0.135. The van der Waals surface area contributed by atoms with Gasteiger partial charge in [-0.05, 0) is 19.3 Å². The number of rotatable bonds is 3. The number of carbonyl (C=O) groups excluding carboxylic acids is 1. The van der Waals surface area contributed by atoms with Gasteiger partial charge in [0.15, 0.2) is 0 Å². The Balaban J connectivity index is 1.83. The number of hydrogen-bond donors (Lipinski definition) is 0. The van der Waals surface area contributed by atoms with Crippen LogP contribution >= 0.6 is 0 Å². The van der Waals surface area contributed by atoms with Crippen LogP contribution in [0.25, 0.3) is 0 Å². The second kappa shape index (κ2) is 4.84. The van der Waals surface area contributed by atoms with Gasteiger partial charge in [0.05, 0.1) is 6.07 Å². The van der Waals surface area contributed by atoms with Crippen molar-refractivity contribution in [1.82, 2.24) is 9.80 Å². The van der Waals surface area contributed by atoms with Crippen LogP contribution in [0, 0.1) is 17.2 Å². The summed E-state index contributed by atoms with van der Waals surface area (Å²) < 4.78 is 0. The summed E-state index contributed by atoms with van der Waals surface area (Å²) in [6, 6.07) is 2.88. The van der Waals surface area contributed by atoms with E-state index in [0.717, 1.165) is 32.2 Å². The minimum atomic E-state index is -0.438. The van der Waals surface area contributed by atoms with Crippen molar-refractivity contribution in [1.29, 1.82) is 5.26 Å². The molecule has 1 aliphatic heterocycles. The van der Waals surface area contributed by atoms with Gasteiger partial charge in [-0.25, -0.2) is 0 Å². The van der Waals surface area contributed by atoms with Gasteiger partial charge in [0.2, 0.25) is 5.91 Å². The van der Waals surface area contributed by atoms with Crippen LogP contribution < -0.4 is 0 Å². The van der Waals surface area contributed by atoms with Crippen molar-refractivity contribution < 1.29 is 4.79 Å². The maximum Gasteiger partial charge on any atom is 0.240 e. The van der Waals surface area contributed by atoms with Gasteiger partial charge < -0.3 is 4.90 Å². The molecule has 0 aromatic carbocycles. The van der Waals surface area contributed by atoms with Crippen LogP contribution in [-0.4, -0.2) is 47.9 Å². The lowest BCUT2D eigenvalue weighted by Gasteiger charge is -2.35. The van der Waals surface area contributed by atoms with Gasteiger partial charge in [0.25, 0.3) is 0 Å². The SMILES string of the molecule is CCC(C#N)C(=O)N1CCN(C2CC2)CC1. The van der Waals surface area contributed by atoms with Crippen LogP contribution in [0.15, 0.2) is 0 Å². The van der Waals surface area contributed by atoms with Gasteiger partial charge >= 0.3 is 0 Å². The second-order valence-electron chi connectivity index (χ2n) is 4.68. The molecule has 1 saturated carbocycles. The monoisotopic (exact) mass is 221 g/mol. The molecule has 0 N–H and O–H groups in total. The van der Waals surface area contributed by atoms with E-state index in [1.54, 1.807) is 0 Å². The Kier molecular flexibility index (Phi) is 3.45. The van der Waals surface area contributed by atoms with Crippen molar-refractivity contribution >= 4 is 5.91 Å². The number of amides is 1. The first-order valence-corrected chi connectivity index (χ1v) is 6.18. The van der Waals surface area contributed by atoms with Crippen molar-refractivity contribution in [3.8, 4) is 6.07 Å². The van der Waals surface area contributed by atoms with Crippen molar-refractivity contribution in [3.63, 3.8) is 0 Å². The van der Waals surface area contributed by atoms with Gasteiger partial charge in [0.1, 0.15) is 5.92 Å². The van der Waals surface area contributed by atoms with Gasteiger partial charge in [0, 0.05) is 32.2 Å². The highest BCUT2D eigenvalue weighted by atomic mass is 16.2. The summed E-state index contributed by atoms with van der Waals surface area (Å²) in [7, 11) is 0. The molecule has 1 saturated heterocycles. The Morgan fingerprint density at radius 1 is 1.38 bits per heavy atom. The molecule has 4 nitrogen and oxygen atoms in total. The molecule has 0 radical (unpaired) electrons. The first-order valence-electron chi connectivity index (χ1n) is 6.18. The zero-order valence-electron chi connectivity index (χ0n) is 9.85. The summed E-state index contributed by atoms with van der Waals surface area (Å²) >= 11 is 0. The molecule has 0 bridgehead atoms. The molecule has 1 unspecified atom stereocenters. The molecule has 16 heavy (non-hydrogen) atoms. The van der Waals surface area contributed by atoms with E-state index in [1.165, 1.54) is 12.8 Å². The van der Waals surface area contributed by atoms with Crippen molar-refractivity contribution in [2.45, 2.75) is 32.2 Å². The van der Waals surface area contributed by atoms with Crippen LogP contribution in [0.3, 0.4) is 0 Å². The summed E-state index contributed by atoms with van der Waals surface area (Å²) in [6.07, 6.45) is 3.27. The van der Waals surface area contributed by atoms with Crippen LogP contribution in [0.5, 0.6) is 0 Å². The molecule has 1 heterocycles. The van der Waals surface area contributed by atoms with E-state index in [2.05, 4.69) is 11.0 Å². The second-order valence-corrected chi connectivity index (χ2v) is 4.68. The van der Waals surface area contributed by atoms with Gasteiger partial charge in [-0.1, -0.05) is 6.92 Å². The lowest BCUT2D eigenvalue weighted by Crippen LogP contribution is -2.50. The van der Waals surface area contributed by atoms with E-state index in [-0.39, 0.29) is 5.91 Å². The molecule has 0 spiro atoms. The minimum absolute atomic E-state index is 0.0282. The molecule has 2 aliphatic rings. The summed E-state index contributed by atoms with van der Waals surface area (Å²) in [5.41, 5.74) is 0. The average Bonchev–Trinajstić information content (AvgIpc) is 3.15. The molecule has 0 aromatic rings. The third kappa shape index (κ3) is 2.35. The van der Waals surface area contributed by atoms with E-state index in [0.29, 0.717) is 6.42 Å². The van der Waals surface area contributed by atoms with Gasteiger partial charge in [-0.2, -0.15) is 5.26 Å². The van der Waals surface area contributed by atoms with Crippen LogP contribution in [-0.2, 0) is 4.79 Å². The van der Waals surface area contributed by atoms with Gasteiger partial charge in [-0.3, -0.25) is 9.69 Å². The average molecular weight is 221 g/mol. The van der Waals surface area contributed by atoms with E-state index in [4.69, 9.17) is 5.26 Å². The fraction of sp³-hybridized carbons (Fsp3) is 0.833. The van der Waals surface area contributed by atoms with Crippen molar-refractivity contribution in [3.05, 3.63) is 0 Å². The third-order valence-corrected chi connectivity index (χ3v) is 3.55. The quantitative estimate of drug-likeness (QED) is 0.709. The summed E-state index contributed by atoms with van der Waals surface area (Å²) in [4.78, 5) is 16.3. The standard InChI is InChI=1S/C12H19N3O/c1-2-10(9-13)12(16)15-7-5-14(6-8-15)11-3-4-11/h10-11H,2-8H2,1H3. The van der Waals surface area contributed by atoms with E-state index < -0.39 is 5.92 Å². The smallest absolute Gasteiger partial charge is 0.240 e. The normalized spacial score (nSPS) is 23.9. The molecule has 2 rings (SSSR count). The van der Waals surface area contributed by atoms with Crippen LogP contribution in [0.2, 0.25) is 0 Å². The molecular formula is C12H19N3O. The highest BCUT2D eigenvalue weighted by Gasteiger charge is 2.33. The number of piperazine rings is 1. The minimum Gasteiger partial charge on any atom is -0.339 e. The molecule has 1 aliphatic carbocycles. The first-order chi connectivity index (χ1) is 7.76. The Morgan fingerprint density at radius 2 is 2.00 bits per heavy atom. The number of hydrogen-bond acceptors (Lipinski definition) is 3. The first kappa shape index (κ1) is 11.4. The number of carbonyl (C=O) groups is 1. The Labute approximate surface area is 96.8 Å². The third-order valence-electron chi connectivity index (χ3n) is 3.55. The molecule has 0 aromatic heterocycles. The van der Waals surface area contributed by atoms with Crippen molar-refractivity contribution in [2.24, 2.45) is 5.92 Å². The topological polar surface area (TPSA) is 47.3 Å². The summed E-state index contributed by atoms with van der Waals surface area (Å²) in [5.74, 6) is -0.409. The maximum absolute atomic E-state index is 11.9. The molecule has 1 amide bonds. The van der Waals surface area contributed by atoms with E-state index in [9.17, 15) is 4.79 Å². The molecular weight excluding hydrogens is 202 g/mol. The van der Waals surface area contributed by atoms with E-state index >= 15 is 0 Å². The molecule has 1 atom stereocenters. The highest BCUT2D eigenvalue weighted by molar-refractivity contribution is 5.81. The zero-order valence-corrected chi connectivity index (χ0v) is 9.85. The predicted octanol–water partition coefficient (Wildman–Crippen LogP) is 0.843. The predicted molar refractivity (Wildman–Crippen MR) is 60.6 cm³/mol. The fourth-order valence-electron chi connectivity index (χ4n) is 2.29. The maximum atomic E-state index is 11.9. The van der Waals surface area contributed by atoms with Gasteiger partial charge in [-0.15, -0.1) is 0 Å². The number of nitrogens with zero attached hydrogens (tertiary/aromatic N) is 3. The fourth-order valence-corrected chi connectivity index (χ4v) is 2.29. The summed E-state index contributed by atoms with van der Waals surface area (Å²) in [6.45, 7) is 5.46. The van der Waals surface area contributed by atoms with E-state index in [1.807, 2.05) is 11.8 Å². The van der Waals surface area contributed by atoms with Crippen molar-refractivity contribution in [2.75, 3.05) is 26.2 Å². The Hall–Kier alpha value is -1.08. The molecule has 4 heteroatoms. The van der Waals surface area contributed by atoms with Crippen LogP contribution in [0.4, 0.5) is 0 Å². The highest BCUT2D eigenvalue weighted by Crippen LogP contribution is 2.27. The largest absolute Gasteiger partial charge is 0.339 e.